The van der Waals surface area contributed by atoms with Crippen molar-refractivity contribution < 1.29 is 0 Å². The molecule has 0 saturated carbocycles. The van der Waals surface area contributed by atoms with Crippen molar-refractivity contribution in [1.82, 2.24) is 9.97 Å². The van der Waals surface area contributed by atoms with E-state index in [2.05, 4.69) is 76.6 Å². The van der Waals surface area contributed by atoms with Crippen LogP contribution in [0.1, 0.15) is 0 Å². The molecule has 9 heteroatoms. The summed E-state index contributed by atoms with van der Waals surface area (Å²) in [6.45, 7) is 0. The third-order valence-corrected chi connectivity index (χ3v) is 9.99. The Morgan fingerprint density at radius 1 is 0.857 bits per heavy atom. The molecule has 0 unspecified atom stereocenters. The summed E-state index contributed by atoms with van der Waals surface area (Å²) in [6.07, 6.45) is 3.54. The van der Waals surface area contributed by atoms with Crippen LogP contribution >= 0.6 is 49.8 Å². The molecule has 2 aromatic rings. The monoisotopic (exact) mass is 550 g/mol. The molecular formula is C12H8Br2N4S2Sn. The molecule has 4 nitrogen and oxygen atoms in total. The van der Waals surface area contributed by atoms with E-state index < -0.39 is 14.5 Å². The minimum atomic E-state index is -2.93. The van der Waals surface area contributed by atoms with E-state index in [1.54, 1.807) is 12.4 Å². The summed E-state index contributed by atoms with van der Waals surface area (Å²) in [4.78, 5) is 8.37. The van der Waals surface area contributed by atoms with Gasteiger partial charge >= 0.3 is 81.1 Å². The van der Waals surface area contributed by atoms with E-state index in [4.69, 9.17) is 0 Å². The molecule has 0 amide bonds. The smallest absolute Gasteiger partial charge is 0.0886 e. The molecule has 21 heavy (non-hydrogen) atoms. The van der Waals surface area contributed by atoms with Crippen molar-refractivity contribution in [2.24, 2.45) is 6.43 Å². The maximum Gasteiger partial charge on any atom is 0.0886 e. The summed E-state index contributed by atoms with van der Waals surface area (Å²) in [6, 6.07) is 11.6. The molecule has 2 rings (SSSR count). The number of aromatic nitrogens is 2. The second-order valence-electron chi connectivity index (χ2n) is 3.35. The van der Waals surface area contributed by atoms with Gasteiger partial charge in [0.25, 0.3) is 0 Å². The number of pyridine rings is 2. The van der Waals surface area contributed by atoms with Gasteiger partial charge in [-0.1, -0.05) is 12.1 Å². The zero-order valence-corrected chi connectivity index (χ0v) is 18.1. The Labute approximate surface area is 149 Å². The average molecular weight is 551 g/mol. The van der Waals surface area contributed by atoms with Crippen molar-refractivity contribution in [3.63, 3.8) is 0 Å². The van der Waals surface area contributed by atoms with Crippen LogP contribution in [0.5, 0.6) is 0 Å². The average Bonchev–Trinajstić information content (AvgIpc) is 2.49. The van der Waals surface area contributed by atoms with E-state index in [1.807, 2.05) is 36.4 Å². The molecule has 0 aliphatic carbocycles. The van der Waals surface area contributed by atoms with Crippen LogP contribution < -0.4 is 0 Å². The van der Waals surface area contributed by atoms with E-state index >= 15 is 0 Å². The van der Waals surface area contributed by atoms with E-state index in [-0.39, 0.29) is 0 Å². The van der Waals surface area contributed by atoms with Crippen LogP contribution in [0.2, 0.25) is 0 Å². The van der Waals surface area contributed by atoms with E-state index in [1.165, 1.54) is 0 Å². The summed E-state index contributed by atoms with van der Waals surface area (Å²) in [5.74, 6) is 0. The van der Waals surface area contributed by atoms with Gasteiger partial charge in [0.2, 0.25) is 0 Å². The number of isothiocyanates is 2. The topological polar surface area (TPSA) is 50.5 Å². The van der Waals surface area contributed by atoms with Crippen LogP contribution in [0, 0.1) is 0 Å². The molecule has 106 valence electrons. The van der Waals surface area contributed by atoms with Crippen molar-refractivity contribution >= 4 is 74.6 Å². The molecular weight excluding hydrogens is 543 g/mol. The molecule has 0 aromatic carbocycles. The van der Waals surface area contributed by atoms with E-state index in [0.717, 1.165) is 11.4 Å². The van der Waals surface area contributed by atoms with Crippen molar-refractivity contribution in [2.75, 3.05) is 0 Å². The first-order chi connectivity index (χ1) is 10.1. The fourth-order valence-corrected chi connectivity index (χ4v) is 9.23. The number of thiocarbonyl (C=S) groups is 2. The van der Waals surface area contributed by atoms with Crippen molar-refractivity contribution in [2.45, 2.75) is 0 Å². The Morgan fingerprint density at radius 3 is 1.57 bits per heavy atom. The predicted molar refractivity (Wildman–Crippen MR) is 101 cm³/mol. The van der Waals surface area contributed by atoms with E-state index in [9.17, 15) is 0 Å². The van der Waals surface area contributed by atoms with Gasteiger partial charge in [-0.05, 0) is 24.3 Å². The Balaban J connectivity index is 0.000000222. The minimum absolute atomic E-state index is 0.915. The van der Waals surface area contributed by atoms with Gasteiger partial charge in [-0.15, -0.1) is 0 Å². The number of halogens is 2. The van der Waals surface area contributed by atoms with Gasteiger partial charge in [-0.2, -0.15) is 0 Å². The number of hydrogen-bond acceptors (Lipinski definition) is 6. The molecule has 0 aliphatic heterocycles. The van der Waals surface area contributed by atoms with Crippen molar-refractivity contribution in [3.05, 3.63) is 48.8 Å². The van der Waals surface area contributed by atoms with E-state index in [0.29, 0.717) is 0 Å². The largest absolute Gasteiger partial charge is 0.255 e. The Hall–Kier alpha value is -0.341. The first-order valence-corrected chi connectivity index (χ1v) is 21.6. The molecule has 0 spiro atoms. The molecule has 0 atom stereocenters. The van der Waals surface area contributed by atoms with Crippen LogP contribution in [-0.2, 0) is 0 Å². The molecule has 2 aromatic heterocycles. The number of nitrogens with zero attached hydrogens (tertiary/aromatic N) is 4. The van der Waals surface area contributed by atoms with Gasteiger partial charge in [-0.25, -0.2) is 0 Å². The summed E-state index contributed by atoms with van der Waals surface area (Å²) in [7, 11) is 0. The third-order valence-electron chi connectivity index (χ3n) is 1.95. The Morgan fingerprint density at radius 2 is 1.29 bits per heavy atom. The van der Waals surface area contributed by atoms with Crippen molar-refractivity contribution in [1.29, 1.82) is 0 Å². The summed E-state index contributed by atoms with van der Waals surface area (Å²) in [5.41, 5.74) is 1.83. The molecule has 0 bridgehead atoms. The second kappa shape index (κ2) is 10.4. The van der Waals surface area contributed by atoms with Crippen LogP contribution in [0.4, 0.5) is 0 Å². The van der Waals surface area contributed by atoms with Gasteiger partial charge in [-0.3, -0.25) is 9.97 Å². The maximum absolute atomic E-state index is 4.37. The molecule has 0 saturated heterocycles. The molecule has 0 N–H and O–H groups in total. The molecule has 0 aliphatic rings. The third kappa shape index (κ3) is 8.01. The zero-order valence-electron chi connectivity index (χ0n) is 10.5. The van der Waals surface area contributed by atoms with Gasteiger partial charge in [0.1, 0.15) is 0 Å². The summed E-state index contributed by atoms with van der Waals surface area (Å²) < 4.78 is 7.52. The zero-order chi connectivity index (χ0) is 15.6. The fourth-order valence-electron chi connectivity index (χ4n) is 1.16. The summed E-state index contributed by atoms with van der Waals surface area (Å²) >= 11 is 12.3. The van der Waals surface area contributed by atoms with Crippen molar-refractivity contribution in [3.8, 4) is 11.4 Å². The molecule has 0 fully saturated rings. The number of hydrogen-bond donors (Lipinski definition) is 0. The van der Waals surface area contributed by atoms with Gasteiger partial charge in [0, 0.05) is 12.4 Å². The van der Waals surface area contributed by atoms with Gasteiger partial charge < -0.3 is 0 Å². The quantitative estimate of drug-likeness (QED) is 0.319. The normalized spacial score (nSPS) is 9.43. The van der Waals surface area contributed by atoms with Crippen LogP contribution in [-0.4, -0.2) is 34.8 Å². The standard InChI is InChI=1S/C10H8N2.2CNS.2BrH.Sn/c1-3-7-11-9(5-1)10-6-2-4-8-12-10;2*2-1-3;;;/h1-8H;;;2*1H;/q;2*-1;;;+4/p-2. The predicted octanol–water partition coefficient (Wildman–Crippen LogP) is 4.56. The van der Waals surface area contributed by atoms with Crippen LogP contribution in [0.25, 0.3) is 11.4 Å². The molecule has 2 heterocycles. The van der Waals surface area contributed by atoms with Crippen LogP contribution in [0.3, 0.4) is 0 Å². The first-order valence-electron chi connectivity index (χ1n) is 5.47. The van der Waals surface area contributed by atoms with Crippen LogP contribution in [0.15, 0.2) is 55.2 Å². The van der Waals surface area contributed by atoms with Gasteiger partial charge in [0.15, 0.2) is 0 Å². The second-order valence-corrected chi connectivity index (χ2v) is 29.9. The summed E-state index contributed by atoms with van der Waals surface area (Å²) in [5, 5.41) is 4.44. The Kier molecular flexibility index (Phi) is 9.26. The maximum atomic E-state index is 4.37. The minimum Gasteiger partial charge on any atom is -0.255 e. The Bertz CT molecular complexity index is 600. The van der Waals surface area contributed by atoms with Gasteiger partial charge in [0.05, 0.1) is 11.4 Å². The first kappa shape index (κ1) is 18.7. The SMILES string of the molecule is S=C=[N][Sn]([Br])([Br])[N]=C=S.c1ccc(-c2ccccn2)nc1. The fraction of sp³-hybridized carbons (Fsp3) is 0. The number of rotatable bonds is 3. The molecule has 0 radical (unpaired) electrons.